The van der Waals surface area contributed by atoms with Crippen molar-refractivity contribution >= 4 is 24.8 Å². The fourth-order valence-corrected chi connectivity index (χ4v) is 3.69. The van der Waals surface area contributed by atoms with Crippen LogP contribution >= 0.6 is 24.8 Å². The molecule has 1 saturated carbocycles. The summed E-state index contributed by atoms with van der Waals surface area (Å²) in [6.07, 6.45) is 4.31. The van der Waals surface area contributed by atoms with Crippen LogP contribution in [0.1, 0.15) is 19.3 Å². The largest absolute Gasteiger partial charge is 0.379 e. The fraction of sp³-hybridized carbons (Fsp3) is 1.00. The van der Waals surface area contributed by atoms with Crippen molar-refractivity contribution in [3.63, 3.8) is 0 Å². The third-order valence-electron chi connectivity index (χ3n) is 4.48. The molecular formula is C12H24Cl2N2O. The van der Waals surface area contributed by atoms with Crippen LogP contribution in [0.3, 0.4) is 0 Å². The van der Waals surface area contributed by atoms with Gasteiger partial charge in [0, 0.05) is 19.1 Å². The minimum absolute atomic E-state index is 0. The Morgan fingerprint density at radius 2 is 1.76 bits per heavy atom. The van der Waals surface area contributed by atoms with E-state index in [1.165, 1.54) is 32.4 Å². The molecule has 0 bridgehead atoms. The number of nitrogens with one attached hydrogen (secondary N) is 1. The molecule has 0 aromatic rings. The first-order chi connectivity index (χ1) is 7.45. The van der Waals surface area contributed by atoms with Crippen LogP contribution < -0.4 is 5.32 Å². The summed E-state index contributed by atoms with van der Waals surface area (Å²) in [5, 5.41) is 3.58. The van der Waals surface area contributed by atoms with Gasteiger partial charge in [-0.25, -0.2) is 0 Å². The third-order valence-corrected chi connectivity index (χ3v) is 4.48. The number of ether oxygens (including phenoxy) is 1. The maximum Gasteiger partial charge on any atom is 0.0594 e. The van der Waals surface area contributed by atoms with Crippen molar-refractivity contribution in [2.24, 2.45) is 11.8 Å². The molecule has 3 nitrogen and oxygen atoms in total. The number of nitrogens with zero attached hydrogens (tertiary/aromatic N) is 1. The third kappa shape index (κ3) is 3.27. The lowest BCUT2D eigenvalue weighted by atomic mass is 9.77. The van der Waals surface area contributed by atoms with Crippen molar-refractivity contribution < 1.29 is 4.74 Å². The standard InChI is InChI=1S/C12H22N2O.2ClH/c1-2-10-8-13-9-11(10)12(3-1)14-4-6-15-7-5-14;;/h10-13H,1-9H2;2*1H. The molecule has 2 aliphatic heterocycles. The molecule has 0 aromatic carbocycles. The van der Waals surface area contributed by atoms with Crippen LogP contribution in [0.4, 0.5) is 0 Å². The molecule has 1 N–H and O–H groups in total. The average molecular weight is 283 g/mol. The summed E-state index contributed by atoms with van der Waals surface area (Å²) in [6.45, 7) is 6.74. The highest BCUT2D eigenvalue weighted by molar-refractivity contribution is 5.85. The van der Waals surface area contributed by atoms with Gasteiger partial charge >= 0.3 is 0 Å². The Labute approximate surface area is 116 Å². The quantitative estimate of drug-likeness (QED) is 0.790. The second kappa shape index (κ2) is 7.15. The second-order valence-corrected chi connectivity index (χ2v) is 5.23. The first-order valence-electron chi connectivity index (χ1n) is 6.47. The summed E-state index contributed by atoms with van der Waals surface area (Å²) in [4.78, 5) is 2.69. The number of hydrogen-bond acceptors (Lipinski definition) is 3. The molecule has 5 heteroatoms. The molecule has 3 aliphatic rings. The molecular weight excluding hydrogens is 259 g/mol. The van der Waals surface area contributed by atoms with E-state index in [0.29, 0.717) is 0 Å². The van der Waals surface area contributed by atoms with Crippen molar-refractivity contribution in [2.75, 3.05) is 39.4 Å². The molecule has 3 rings (SSSR count). The van der Waals surface area contributed by atoms with E-state index in [-0.39, 0.29) is 24.8 Å². The molecule has 3 atom stereocenters. The number of fused-ring (bicyclic) bond motifs is 1. The van der Waals surface area contributed by atoms with Crippen LogP contribution in [0.25, 0.3) is 0 Å². The van der Waals surface area contributed by atoms with Crippen molar-refractivity contribution in [2.45, 2.75) is 25.3 Å². The van der Waals surface area contributed by atoms with Gasteiger partial charge in [0.1, 0.15) is 0 Å². The zero-order valence-corrected chi connectivity index (χ0v) is 11.9. The van der Waals surface area contributed by atoms with Gasteiger partial charge in [-0.1, -0.05) is 6.42 Å². The van der Waals surface area contributed by atoms with E-state index in [1.807, 2.05) is 0 Å². The van der Waals surface area contributed by atoms with Gasteiger partial charge in [0.2, 0.25) is 0 Å². The Bertz CT molecular complexity index is 225. The van der Waals surface area contributed by atoms with E-state index in [0.717, 1.165) is 44.2 Å². The second-order valence-electron chi connectivity index (χ2n) is 5.23. The monoisotopic (exact) mass is 282 g/mol. The van der Waals surface area contributed by atoms with Crippen LogP contribution in [-0.2, 0) is 4.74 Å². The van der Waals surface area contributed by atoms with Gasteiger partial charge in [0.05, 0.1) is 13.2 Å². The maximum atomic E-state index is 5.44. The normalized spacial score (nSPS) is 37.8. The van der Waals surface area contributed by atoms with E-state index in [1.54, 1.807) is 0 Å². The summed E-state index contributed by atoms with van der Waals surface area (Å²) in [7, 11) is 0. The van der Waals surface area contributed by atoms with E-state index in [9.17, 15) is 0 Å². The van der Waals surface area contributed by atoms with Crippen LogP contribution in [0.5, 0.6) is 0 Å². The molecule has 102 valence electrons. The maximum absolute atomic E-state index is 5.44. The number of hydrogen-bond donors (Lipinski definition) is 1. The van der Waals surface area contributed by atoms with E-state index < -0.39 is 0 Å². The summed E-state index contributed by atoms with van der Waals surface area (Å²) >= 11 is 0. The smallest absolute Gasteiger partial charge is 0.0594 e. The first kappa shape index (κ1) is 15.5. The van der Waals surface area contributed by atoms with Crippen molar-refractivity contribution in [3.05, 3.63) is 0 Å². The molecule has 0 aromatic heterocycles. The first-order valence-corrected chi connectivity index (χ1v) is 6.47. The number of morpholine rings is 1. The van der Waals surface area contributed by atoms with Gasteiger partial charge in [-0.2, -0.15) is 0 Å². The van der Waals surface area contributed by atoms with Crippen LogP contribution in [0.2, 0.25) is 0 Å². The Morgan fingerprint density at radius 3 is 2.53 bits per heavy atom. The topological polar surface area (TPSA) is 24.5 Å². The molecule has 17 heavy (non-hydrogen) atoms. The van der Waals surface area contributed by atoms with Gasteiger partial charge in [0.15, 0.2) is 0 Å². The lowest BCUT2D eigenvalue weighted by Crippen LogP contribution is -2.50. The zero-order chi connectivity index (χ0) is 10.1. The SMILES string of the molecule is C1CC2CNCC2C(N2CCOCC2)C1.Cl.Cl. The molecule has 1 aliphatic carbocycles. The number of rotatable bonds is 1. The molecule has 2 heterocycles. The highest BCUT2D eigenvalue weighted by atomic mass is 35.5. The molecule has 0 radical (unpaired) electrons. The van der Waals surface area contributed by atoms with Gasteiger partial charge in [-0.05, 0) is 37.8 Å². The van der Waals surface area contributed by atoms with Crippen molar-refractivity contribution in [1.82, 2.24) is 10.2 Å². The minimum atomic E-state index is 0. The van der Waals surface area contributed by atoms with E-state index in [4.69, 9.17) is 4.74 Å². The Balaban J connectivity index is 0.000000722. The Hall–Kier alpha value is 0.460. The fourth-order valence-electron chi connectivity index (χ4n) is 3.69. The Kier molecular flexibility index (Phi) is 6.52. The molecule has 0 spiro atoms. The lowest BCUT2D eigenvalue weighted by molar-refractivity contribution is -0.0111. The predicted octanol–water partition coefficient (Wildman–Crippen LogP) is 1.55. The summed E-state index contributed by atoms with van der Waals surface area (Å²) in [6, 6.07) is 0.850. The van der Waals surface area contributed by atoms with Gasteiger partial charge in [-0.3, -0.25) is 4.90 Å². The van der Waals surface area contributed by atoms with Crippen molar-refractivity contribution in [1.29, 1.82) is 0 Å². The van der Waals surface area contributed by atoms with E-state index >= 15 is 0 Å². The van der Waals surface area contributed by atoms with Crippen LogP contribution in [0.15, 0.2) is 0 Å². The van der Waals surface area contributed by atoms with Gasteiger partial charge in [0.25, 0.3) is 0 Å². The van der Waals surface area contributed by atoms with Gasteiger partial charge < -0.3 is 10.1 Å². The average Bonchev–Trinajstić information content (AvgIpc) is 2.78. The molecule has 0 amide bonds. The molecule has 2 saturated heterocycles. The minimum Gasteiger partial charge on any atom is -0.379 e. The van der Waals surface area contributed by atoms with Crippen LogP contribution in [-0.4, -0.2) is 50.3 Å². The summed E-state index contributed by atoms with van der Waals surface area (Å²) in [5.41, 5.74) is 0. The van der Waals surface area contributed by atoms with E-state index in [2.05, 4.69) is 10.2 Å². The summed E-state index contributed by atoms with van der Waals surface area (Å²) < 4.78 is 5.44. The Morgan fingerprint density at radius 1 is 1.00 bits per heavy atom. The zero-order valence-electron chi connectivity index (χ0n) is 10.3. The molecule has 3 unspecified atom stereocenters. The highest BCUT2D eigenvalue weighted by Gasteiger charge is 2.39. The molecule has 3 fully saturated rings. The summed E-state index contributed by atoms with van der Waals surface area (Å²) in [5.74, 6) is 1.89. The van der Waals surface area contributed by atoms with Gasteiger partial charge in [-0.15, -0.1) is 24.8 Å². The van der Waals surface area contributed by atoms with Crippen molar-refractivity contribution in [3.8, 4) is 0 Å². The number of halogens is 2. The predicted molar refractivity (Wildman–Crippen MR) is 74.4 cm³/mol. The lowest BCUT2D eigenvalue weighted by Gasteiger charge is -2.42. The highest BCUT2D eigenvalue weighted by Crippen LogP contribution is 2.35. The van der Waals surface area contributed by atoms with Crippen LogP contribution in [0, 0.1) is 11.8 Å².